The second kappa shape index (κ2) is 15.8. The van der Waals surface area contributed by atoms with Crippen LogP contribution in [0.5, 0.6) is 0 Å². The van der Waals surface area contributed by atoms with Crippen LogP contribution >= 0.6 is 0 Å². The summed E-state index contributed by atoms with van der Waals surface area (Å²) in [5.74, 6) is 4.69. The molecule has 2 aliphatic carbocycles. The molecular formula is C56H46O2Zr. The molecule has 2 atom stereocenters. The summed E-state index contributed by atoms with van der Waals surface area (Å²) in [6.07, 6.45) is 4.90. The van der Waals surface area contributed by atoms with Crippen LogP contribution in [0.2, 0.25) is 0 Å². The molecule has 286 valence electrons. The van der Waals surface area contributed by atoms with Crippen LogP contribution in [0.4, 0.5) is 0 Å². The van der Waals surface area contributed by atoms with E-state index in [9.17, 15) is 0 Å². The summed E-state index contributed by atoms with van der Waals surface area (Å²) in [5.41, 5.74) is 18.0. The Balaban J connectivity index is 1.11. The van der Waals surface area contributed by atoms with Gasteiger partial charge in [-0.2, -0.15) is 0 Å². The van der Waals surface area contributed by atoms with Gasteiger partial charge in [0, 0.05) is 0 Å². The second-order valence-corrected chi connectivity index (χ2v) is 20.1. The molecule has 0 spiro atoms. The Morgan fingerprint density at radius 1 is 0.373 bits per heavy atom. The minimum absolute atomic E-state index is 0.246. The van der Waals surface area contributed by atoms with Crippen LogP contribution < -0.4 is 0 Å². The zero-order valence-electron chi connectivity index (χ0n) is 33.9. The zero-order valence-corrected chi connectivity index (χ0v) is 36.4. The number of hydrogen-bond acceptors (Lipinski definition) is 2. The molecular weight excluding hydrogens is 796 g/mol. The molecule has 2 nitrogen and oxygen atoms in total. The fourth-order valence-corrected chi connectivity index (χ4v) is 13.8. The van der Waals surface area contributed by atoms with E-state index in [1.54, 1.807) is 0 Å². The van der Waals surface area contributed by atoms with Gasteiger partial charge < -0.3 is 0 Å². The third-order valence-electron chi connectivity index (χ3n) is 12.1. The average Bonchev–Trinajstić information content (AvgIpc) is 4.10. The van der Waals surface area contributed by atoms with Crippen molar-refractivity contribution in [2.24, 2.45) is 0 Å². The average molecular weight is 842 g/mol. The first-order chi connectivity index (χ1) is 28.9. The van der Waals surface area contributed by atoms with Crippen LogP contribution in [-0.2, 0) is 23.2 Å². The van der Waals surface area contributed by atoms with Gasteiger partial charge in [0.05, 0.1) is 0 Å². The monoisotopic (exact) mass is 840 g/mol. The Labute approximate surface area is 359 Å². The Hall–Kier alpha value is -5.76. The first-order valence-electron chi connectivity index (χ1n) is 20.9. The van der Waals surface area contributed by atoms with Crippen LogP contribution in [0.25, 0.3) is 68.2 Å². The molecule has 8 aromatic rings. The van der Waals surface area contributed by atoms with Gasteiger partial charge >= 0.3 is 362 Å². The summed E-state index contributed by atoms with van der Waals surface area (Å²) in [7, 11) is 0. The van der Waals surface area contributed by atoms with Crippen molar-refractivity contribution in [1.29, 1.82) is 0 Å². The van der Waals surface area contributed by atoms with Gasteiger partial charge in [0.25, 0.3) is 0 Å². The van der Waals surface area contributed by atoms with E-state index in [0.29, 0.717) is 11.8 Å². The fourth-order valence-electron chi connectivity index (χ4n) is 8.86. The third-order valence-corrected chi connectivity index (χ3v) is 16.8. The number of benzene rings is 6. The van der Waals surface area contributed by atoms with E-state index < -0.39 is 23.2 Å². The molecule has 3 heteroatoms. The van der Waals surface area contributed by atoms with Gasteiger partial charge in [-0.05, 0) is 0 Å². The fraction of sp³-hybridized carbons (Fsp3) is 0.143. The molecule has 2 aliphatic rings. The van der Waals surface area contributed by atoms with E-state index in [-0.39, 0.29) is 7.25 Å². The van der Waals surface area contributed by atoms with E-state index in [2.05, 4.69) is 210 Å². The van der Waals surface area contributed by atoms with Gasteiger partial charge in [0.2, 0.25) is 0 Å². The molecule has 0 saturated carbocycles. The maximum atomic E-state index is 6.83. The minimum atomic E-state index is -1.45. The zero-order chi connectivity index (χ0) is 40.0. The summed E-state index contributed by atoms with van der Waals surface area (Å²) in [5, 5.41) is 0. The summed E-state index contributed by atoms with van der Waals surface area (Å²) < 4.78 is 14.2. The Kier molecular flexibility index (Phi) is 10.0. The normalized spacial score (nSPS) is 15.6. The van der Waals surface area contributed by atoms with E-state index in [4.69, 9.17) is 8.83 Å². The van der Waals surface area contributed by atoms with Crippen LogP contribution in [0.1, 0.15) is 91.7 Å². The SMILES string of the molecule is CC(C)c1ccc(-c2cccc3c2C=C(c2ccc(-c4ccccc4)o2)[CH]3[Zr][CH]2C(c3ccc(-c4ccccc4)o3)=Cc3c(-c4ccc(C(C)C)cc4)cccc32)cc1. The van der Waals surface area contributed by atoms with Crippen LogP contribution in [0, 0.1) is 0 Å². The Bertz CT molecular complexity index is 2640. The molecule has 0 saturated heterocycles. The van der Waals surface area contributed by atoms with E-state index in [1.165, 1.54) is 66.8 Å². The molecule has 0 fully saturated rings. The second-order valence-electron chi connectivity index (χ2n) is 16.5. The van der Waals surface area contributed by atoms with Gasteiger partial charge in [0.1, 0.15) is 0 Å². The van der Waals surface area contributed by atoms with Gasteiger partial charge in [0.15, 0.2) is 0 Å². The molecule has 0 radical (unpaired) electrons. The van der Waals surface area contributed by atoms with Crippen molar-refractivity contribution in [3.8, 4) is 44.9 Å². The summed E-state index contributed by atoms with van der Waals surface area (Å²) in [6.45, 7) is 9.03. The van der Waals surface area contributed by atoms with E-state index in [1.807, 2.05) is 0 Å². The summed E-state index contributed by atoms with van der Waals surface area (Å²) >= 11 is -1.45. The Morgan fingerprint density at radius 2 is 0.763 bits per heavy atom. The molecule has 59 heavy (non-hydrogen) atoms. The first kappa shape index (κ1) is 37.5. The van der Waals surface area contributed by atoms with Crippen molar-refractivity contribution in [1.82, 2.24) is 0 Å². The first-order valence-corrected chi connectivity index (χ1v) is 23.7. The van der Waals surface area contributed by atoms with E-state index in [0.717, 1.165) is 34.2 Å². The number of hydrogen-bond donors (Lipinski definition) is 0. The van der Waals surface area contributed by atoms with Crippen molar-refractivity contribution in [3.05, 3.63) is 215 Å². The molecule has 2 unspecified atom stereocenters. The van der Waals surface area contributed by atoms with Gasteiger partial charge in [-0.3, -0.25) is 0 Å². The van der Waals surface area contributed by atoms with Crippen molar-refractivity contribution in [2.45, 2.75) is 46.8 Å². The summed E-state index contributed by atoms with van der Waals surface area (Å²) in [4.78, 5) is 0. The molecule has 0 aliphatic heterocycles. The predicted molar refractivity (Wildman–Crippen MR) is 241 cm³/mol. The quantitative estimate of drug-likeness (QED) is 0.137. The molecule has 6 aromatic carbocycles. The van der Waals surface area contributed by atoms with Crippen molar-refractivity contribution < 1.29 is 32.1 Å². The van der Waals surface area contributed by atoms with Gasteiger partial charge in [-0.15, -0.1) is 0 Å². The molecule has 0 N–H and O–H groups in total. The van der Waals surface area contributed by atoms with Crippen LogP contribution in [0.15, 0.2) is 179 Å². The molecule has 0 bridgehead atoms. The standard InChI is InChI=1S/2C28H23O.Zr/c2*1-19(2)20-11-13-21(14-12-20)25-10-6-9-23-17-24(18-26(23)25)28-16-15-27(29-28)22-7-4-3-5-8-22;/h2*3-19H,1-2H3;. The number of furan rings is 2. The van der Waals surface area contributed by atoms with Gasteiger partial charge in [-0.25, -0.2) is 0 Å². The maximum absolute atomic E-state index is 6.83. The third kappa shape index (κ3) is 7.10. The van der Waals surface area contributed by atoms with Crippen molar-refractivity contribution in [3.63, 3.8) is 0 Å². The number of allylic oxidation sites excluding steroid dienone is 2. The molecule has 2 heterocycles. The topological polar surface area (TPSA) is 26.3 Å². The summed E-state index contributed by atoms with van der Waals surface area (Å²) in [6, 6.07) is 61.8. The number of fused-ring (bicyclic) bond motifs is 2. The number of rotatable bonds is 10. The Morgan fingerprint density at radius 3 is 1.15 bits per heavy atom. The molecule has 0 amide bonds. The predicted octanol–water partition coefficient (Wildman–Crippen LogP) is 15.8. The molecule has 10 rings (SSSR count). The molecule has 2 aromatic heterocycles. The van der Waals surface area contributed by atoms with Crippen LogP contribution in [-0.4, -0.2) is 0 Å². The van der Waals surface area contributed by atoms with Crippen molar-refractivity contribution >= 4 is 23.3 Å². The van der Waals surface area contributed by atoms with Crippen LogP contribution in [0.3, 0.4) is 0 Å². The van der Waals surface area contributed by atoms with E-state index >= 15 is 0 Å². The van der Waals surface area contributed by atoms with Gasteiger partial charge in [-0.1, -0.05) is 0 Å². The van der Waals surface area contributed by atoms with Crippen molar-refractivity contribution in [2.75, 3.05) is 0 Å².